The first kappa shape index (κ1) is 35.5. The second-order valence-electron chi connectivity index (χ2n) is 7.90. The first-order chi connectivity index (χ1) is 16.7. The third-order valence-corrected chi connectivity index (χ3v) is 6.46. The van der Waals surface area contributed by atoms with Crippen LogP contribution in [0.25, 0.3) is 0 Å². The van der Waals surface area contributed by atoms with E-state index >= 15 is 0 Å². The topological polar surface area (TPSA) is 134 Å². The van der Waals surface area contributed by atoms with Gasteiger partial charge in [-0.25, -0.2) is 4.67 Å². The number of amides is 1. The number of carbonyl (C=O) groups excluding carboxylic acids is 2. The molecule has 0 aliphatic carbocycles. The maximum absolute atomic E-state index is 10.4. The number of allylic oxidation sites excluding steroid dienone is 1. The molecule has 0 aromatic heterocycles. The Bertz CT molecular complexity index is 581. The van der Waals surface area contributed by atoms with E-state index in [-0.39, 0.29) is 31.0 Å². The number of methoxy groups -OCH3 is 1. The van der Waals surface area contributed by atoms with Crippen LogP contribution in [0.2, 0.25) is 0 Å². The van der Waals surface area contributed by atoms with E-state index in [1.54, 1.807) is 20.4 Å². The van der Waals surface area contributed by atoms with Crippen molar-refractivity contribution in [3.05, 3.63) is 12.3 Å². The van der Waals surface area contributed by atoms with E-state index in [1.165, 1.54) is 6.08 Å². The molecule has 0 bridgehead atoms. The smallest absolute Gasteiger partial charge is 0.259 e. The molecular formula is C23H45N4O7P. The molecule has 204 valence electrons. The van der Waals surface area contributed by atoms with Gasteiger partial charge in [0, 0.05) is 39.5 Å². The quantitative estimate of drug-likeness (QED) is 0.143. The number of carbonyl (C=O) groups is 2. The molecule has 0 radical (unpaired) electrons. The fourth-order valence-corrected chi connectivity index (χ4v) is 4.56. The molecule has 1 fully saturated rings. The van der Waals surface area contributed by atoms with Gasteiger partial charge in [0.05, 0.1) is 45.0 Å². The molecule has 1 heterocycles. The van der Waals surface area contributed by atoms with Crippen LogP contribution in [-0.2, 0) is 28.1 Å². The molecule has 1 saturated heterocycles. The van der Waals surface area contributed by atoms with Crippen molar-refractivity contribution in [1.82, 2.24) is 14.9 Å². The monoisotopic (exact) mass is 520 g/mol. The fraction of sp³-hybridized carbons (Fsp3) is 0.783. The molecule has 11 nitrogen and oxygen atoms in total. The summed E-state index contributed by atoms with van der Waals surface area (Å²) in [6.45, 7) is 9.84. The third-order valence-electron chi connectivity index (χ3n) is 4.39. The second-order valence-corrected chi connectivity index (χ2v) is 9.35. The van der Waals surface area contributed by atoms with E-state index in [2.05, 4.69) is 48.5 Å². The predicted molar refractivity (Wildman–Crippen MR) is 136 cm³/mol. The maximum Gasteiger partial charge on any atom is 0.259 e. The normalized spacial score (nSPS) is 17.9. The molecule has 0 spiro atoms. The van der Waals surface area contributed by atoms with Gasteiger partial charge in [-0.15, -0.1) is 0 Å². The van der Waals surface area contributed by atoms with Gasteiger partial charge in [0.15, 0.2) is 0 Å². The molecule has 0 aromatic rings. The summed E-state index contributed by atoms with van der Waals surface area (Å²) in [5.74, 6) is 0. The Hall–Kier alpha value is -1.64. The minimum Gasteiger partial charge on any atom is -0.394 e. The molecule has 1 aliphatic heterocycles. The molecular weight excluding hydrogens is 475 g/mol. The number of rotatable bonds is 15. The van der Waals surface area contributed by atoms with Crippen molar-refractivity contribution in [2.75, 3.05) is 47.6 Å². The average Bonchev–Trinajstić information content (AvgIpc) is 3.30. The lowest BCUT2D eigenvalue weighted by atomic mass is 10.2. The van der Waals surface area contributed by atoms with Crippen molar-refractivity contribution in [1.29, 1.82) is 5.26 Å². The Morgan fingerprint density at radius 3 is 2.26 bits per heavy atom. The first-order valence-electron chi connectivity index (χ1n) is 11.6. The summed E-state index contributed by atoms with van der Waals surface area (Å²) in [5.41, 5.74) is 0. The molecule has 1 aliphatic rings. The van der Waals surface area contributed by atoms with Crippen molar-refractivity contribution < 1.29 is 33.2 Å². The van der Waals surface area contributed by atoms with Crippen LogP contribution in [0.1, 0.15) is 47.0 Å². The van der Waals surface area contributed by atoms with Crippen molar-refractivity contribution in [3.63, 3.8) is 0 Å². The summed E-state index contributed by atoms with van der Waals surface area (Å²) in [5, 5.41) is 18.9. The summed E-state index contributed by atoms with van der Waals surface area (Å²) >= 11 is 0. The lowest BCUT2D eigenvalue weighted by molar-refractivity contribution is -0.109. The summed E-state index contributed by atoms with van der Waals surface area (Å²) in [6, 6.07) is 2.66. The zero-order chi connectivity index (χ0) is 27.1. The molecule has 3 atom stereocenters. The largest absolute Gasteiger partial charge is 0.394 e. The molecule has 1 rings (SSSR count). The van der Waals surface area contributed by atoms with Crippen molar-refractivity contribution in [3.8, 4) is 6.07 Å². The van der Waals surface area contributed by atoms with Gasteiger partial charge in [-0.1, -0.05) is 0 Å². The minimum atomic E-state index is -1.24. The zero-order valence-electron chi connectivity index (χ0n) is 22.3. The average molecular weight is 521 g/mol. The van der Waals surface area contributed by atoms with Gasteiger partial charge in [0.1, 0.15) is 12.5 Å². The van der Waals surface area contributed by atoms with E-state index in [0.29, 0.717) is 32.7 Å². The van der Waals surface area contributed by atoms with Gasteiger partial charge in [-0.05, 0) is 46.6 Å². The number of nitriles is 1. The number of nitrogens with zero attached hydrogens (tertiary/aromatic N) is 3. The Labute approximate surface area is 212 Å². The molecule has 0 aromatic carbocycles. The van der Waals surface area contributed by atoms with Crippen LogP contribution < -0.4 is 5.32 Å². The number of hydrogen-bond acceptors (Lipinski definition) is 10. The molecule has 2 N–H and O–H groups in total. The number of aliphatic hydroxyl groups excluding tert-OH is 1. The highest BCUT2D eigenvalue weighted by molar-refractivity contribution is 7.44. The van der Waals surface area contributed by atoms with Crippen LogP contribution >= 0.6 is 8.53 Å². The number of aldehydes is 1. The molecule has 1 amide bonds. The highest BCUT2D eigenvalue weighted by Crippen LogP contribution is 2.46. The number of nitrogens with one attached hydrogen (secondary N) is 1. The van der Waals surface area contributed by atoms with Crippen LogP contribution in [0.3, 0.4) is 0 Å². The molecule has 3 unspecified atom stereocenters. The van der Waals surface area contributed by atoms with E-state index in [9.17, 15) is 4.79 Å². The summed E-state index contributed by atoms with van der Waals surface area (Å²) in [7, 11) is 3.77. The van der Waals surface area contributed by atoms with Crippen LogP contribution in [-0.4, -0.2) is 99.4 Å². The van der Waals surface area contributed by atoms with Crippen LogP contribution in [0.5, 0.6) is 0 Å². The van der Waals surface area contributed by atoms with Crippen LogP contribution in [0.15, 0.2) is 12.3 Å². The molecule has 0 saturated carbocycles. The SMILES string of the molecule is CC(C)N(C(C)C)P(OCCC#N)OCC1CCC(N(C)/C=C\C=O)O1.CNC=O.COCCO. The van der Waals surface area contributed by atoms with E-state index < -0.39 is 8.53 Å². The van der Waals surface area contributed by atoms with Gasteiger partial charge in [0.2, 0.25) is 6.41 Å². The Balaban J connectivity index is 0. The summed E-state index contributed by atoms with van der Waals surface area (Å²) in [6.07, 6.45) is 6.64. The van der Waals surface area contributed by atoms with E-state index in [0.717, 1.165) is 19.1 Å². The molecule has 35 heavy (non-hydrogen) atoms. The summed E-state index contributed by atoms with van der Waals surface area (Å²) < 4.78 is 24.7. The lowest BCUT2D eigenvalue weighted by Gasteiger charge is -2.36. The number of hydrogen-bond donors (Lipinski definition) is 2. The van der Waals surface area contributed by atoms with Crippen molar-refractivity contribution >= 4 is 21.2 Å². The number of ether oxygens (including phenoxy) is 2. The Kier molecular flexibility index (Phi) is 24.4. The first-order valence-corrected chi connectivity index (χ1v) is 12.8. The maximum atomic E-state index is 10.4. The standard InChI is InChI=1S/C18H32N3O4P.C3H8O2.C2H5NO/c1-15(2)21(16(3)4)26(23-13-6-10-19)24-14-17-8-9-18(25-17)20(5)11-7-12-22;1-5-3-2-4;1-3-2-4/h7,11-12,15-18H,6,8-9,13-14H2,1-5H3;4H,2-3H2,1H3;2H,1H3,(H,3,4)/b11-7-;;. The van der Waals surface area contributed by atoms with Gasteiger partial charge >= 0.3 is 0 Å². The van der Waals surface area contributed by atoms with Crippen molar-refractivity contribution in [2.24, 2.45) is 0 Å². The third kappa shape index (κ3) is 18.3. The van der Waals surface area contributed by atoms with Gasteiger partial charge < -0.3 is 33.8 Å². The lowest BCUT2D eigenvalue weighted by Crippen LogP contribution is -2.34. The Morgan fingerprint density at radius 2 is 1.83 bits per heavy atom. The number of aliphatic hydroxyl groups is 1. The van der Waals surface area contributed by atoms with Crippen LogP contribution in [0, 0.1) is 11.3 Å². The van der Waals surface area contributed by atoms with E-state index in [1.807, 2.05) is 11.9 Å². The van der Waals surface area contributed by atoms with Gasteiger partial charge in [0.25, 0.3) is 8.53 Å². The van der Waals surface area contributed by atoms with Crippen LogP contribution in [0.4, 0.5) is 0 Å². The van der Waals surface area contributed by atoms with Crippen molar-refractivity contribution in [2.45, 2.75) is 71.4 Å². The fourth-order valence-electron chi connectivity index (χ4n) is 2.93. The molecule has 12 heteroatoms. The predicted octanol–water partition coefficient (Wildman–Crippen LogP) is 2.42. The van der Waals surface area contributed by atoms with Gasteiger partial charge in [-0.2, -0.15) is 5.26 Å². The second kappa shape index (κ2) is 24.1. The van der Waals surface area contributed by atoms with Gasteiger partial charge in [-0.3, -0.25) is 9.59 Å². The highest BCUT2D eigenvalue weighted by Gasteiger charge is 2.31. The van der Waals surface area contributed by atoms with E-state index in [4.69, 9.17) is 28.9 Å². The minimum absolute atomic E-state index is 0.00202. The summed E-state index contributed by atoms with van der Waals surface area (Å²) in [4.78, 5) is 21.4. The zero-order valence-corrected chi connectivity index (χ0v) is 23.1. The Morgan fingerprint density at radius 1 is 1.20 bits per heavy atom. The highest BCUT2D eigenvalue weighted by atomic mass is 31.2.